The summed E-state index contributed by atoms with van der Waals surface area (Å²) in [4.78, 5) is 15.5. The van der Waals surface area contributed by atoms with E-state index in [9.17, 15) is 9.90 Å². The fourth-order valence-electron chi connectivity index (χ4n) is 6.04. The number of aliphatic carboxylic acids is 1. The van der Waals surface area contributed by atoms with E-state index in [4.69, 9.17) is 5.11 Å². The molecule has 5 nitrogen and oxygen atoms in total. The summed E-state index contributed by atoms with van der Waals surface area (Å²) in [5, 5.41) is 23.6. The summed E-state index contributed by atoms with van der Waals surface area (Å²) in [6.07, 6.45) is 14.7. The van der Waals surface area contributed by atoms with Crippen LogP contribution in [0.3, 0.4) is 0 Å². The molecule has 4 fully saturated rings. The topological polar surface area (TPSA) is 82.5 Å². The predicted molar refractivity (Wildman–Crippen MR) is 99.6 cm³/mol. The van der Waals surface area contributed by atoms with Gasteiger partial charge in [-0.05, 0) is 55.9 Å². The molecule has 1 heterocycles. The molecule has 1 aromatic heterocycles. The number of hydrogen-bond donors (Lipinski definition) is 3. The highest BCUT2D eigenvalue weighted by Gasteiger charge is 2.54. The van der Waals surface area contributed by atoms with Gasteiger partial charge < -0.3 is 15.5 Å². The third-order valence-electron chi connectivity index (χ3n) is 6.78. The van der Waals surface area contributed by atoms with Gasteiger partial charge in [0.15, 0.2) is 0 Å². The average molecular weight is 352 g/mol. The SMILES string of the molecule is O=C(O)/C=C/c1cnc2c(c1NC1C3CC4CC1CC(O)(C4)C3)C=CC2. The minimum atomic E-state index is -0.955. The minimum absolute atomic E-state index is 0.351. The summed E-state index contributed by atoms with van der Waals surface area (Å²) in [5.41, 5.74) is 3.52. The lowest BCUT2D eigenvalue weighted by Crippen LogP contribution is -2.59. The van der Waals surface area contributed by atoms with Gasteiger partial charge in [-0.2, -0.15) is 0 Å². The van der Waals surface area contributed by atoms with E-state index in [0.29, 0.717) is 23.8 Å². The van der Waals surface area contributed by atoms with Crippen molar-refractivity contribution in [3.05, 3.63) is 35.2 Å². The zero-order valence-corrected chi connectivity index (χ0v) is 14.7. The zero-order chi connectivity index (χ0) is 17.9. The maximum atomic E-state index is 11.0. The Hall–Kier alpha value is -2.14. The van der Waals surface area contributed by atoms with Crippen molar-refractivity contribution in [3.63, 3.8) is 0 Å². The molecule has 5 heteroatoms. The highest BCUT2D eigenvalue weighted by molar-refractivity contribution is 5.88. The summed E-state index contributed by atoms with van der Waals surface area (Å²) < 4.78 is 0. The van der Waals surface area contributed by atoms with E-state index in [1.807, 2.05) is 0 Å². The molecule has 0 aliphatic heterocycles. The first-order valence-corrected chi connectivity index (χ1v) is 9.59. The molecule has 6 rings (SSSR count). The lowest BCUT2D eigenvalue weighted by Gasteiger charge is -2.58. The highest BCUT2D eigenvalue weighted by atomic mass is 16.4. The molecule has 0 saturated heterocycles. The Bertz CT molecular complexity index is 813. The fraction of sp³-hybridized carbons (Fsp3) is 0.524. The van der Waals surface area contributed by atoms with Gasteiger partial charge in [-0.15, -0.1) is 0 Å². The molecule has 4 bridgehead atoms. The van der Waals surface area contributed by atoms with Gasteiger partial charge >= 0.3 is 5.97 Å². The molecule has 0 amide bonds. The summed E-state index contributed by atoms with van der Waals surface area (Å²) in [6.45, 7) is 0. The van der Waals surface area contributed by atoms with Crippen molar-refractivity contribution in [1.82, 2.24) is 4.98 Å². The van der Waals surface area contributed by atoms with Crippen molar-refractivity contribution in [2.24, 2.45) is 17.8 Å². The predicted octanol–water partition coefficient (Wildman–Crippen LogP) is 3.10. The number of nitrogens with one attached hydrogen (secondary N) is 1. The standard InChI is InChI=1S/C21H24N2O3/c24-18(25)5-4-13-11-22-17-3-1-2-16(17)20(13)23-19-14-6-12-7-15(19)10-21(26,8-12)9-14/h1-2,4-5,11-12,14-15,19,26H,3,6-10H2,(H,22,23)(H,24,25)/b5-4+. The van der Waals surface area contributed by atoms with Crippen LogP contribution in [0.25, 0.3) is 12.2 Å². The van der Waals surface area contributed by atoms with Gasteiger partial charge in [0.25, 0.3) is 0 Å². The van der Waals surface area contributed by atoms with Crippen molar-refractivity contribution in [2.45, 2.75) is 50.2 Å². The van der Waals surface area contributed by atoms with E-state index in [-0.39, 0.29) is 0 Å². The molecule has 3 N–H and O–H groups in total. The molecular weight excluding hydrogens is 328 g/mol. The molecule has 0 spiro atoms. The first-order valence-electron chi connectivity index (χ1n) is 9.59. The Labute approximate surface area is 152 Å². The van der Waals surface area contributed by atoms with Crippen molar-refractivity contribution in [2.75, 3.05) is 5.32 Å². The Kier molecular flexibility index (Phi) is 3.51. The summed E-state index contributed by atoms with van der Waals surface area (Å²) in [7, 11) is 0. The molecule has 4 saturated carbocycles. The van der Waals surface area contributed by atoms with Crippen molar-refractivity contribution < 1.29 is 15.0 Å². The number of nitrogens with zero attached hydrogens (tertiary/aromatic N) is 1. The van der Waals surface area contributed by atoms with Crippen LogP contribution in [0.1, 0.15) is 48.9 Å². The number of fused-ring (bicyclic) bond motifs is 1. The molecule has 5 aliphatic carbocycles. The molecule has 0 radical (unpaired) electrons. The van der Waals surface area contributed by atoms with Crippen LogP contribution in [-0.4, -0.2) is 32.8 Å². The first-order chi connectivity index (χ1) is 12.5. The van der Waals surface area contributed by atoms with Crippen molar-refractivity contribution in [3.8, 4) is 0 Å². The van der Waals surface area contributed by atoms with Gasteiger partial charge in [-0.1, -0.05) is 12.2 Å². The molecule has 1 aromatic rings. The summed E-state index contributed by atoms with van der Waals surface area (Å²) in [6, 6.07) is 0.351. The number of allylic oxidation sites excluding steroid dienone is 1. The number of hydrogen-bond acceptors (Lipinski definition) is 4. The van der Waals surface area contributed by atoms with Crippen LogP contribution in [0.5, 0.6) is 0 Å². The Morgan fingerprint density at radius 1 is 1.27 bits per heavy atom. The number of carboxylic acid groups (broad SMARTS) is 1. The van der Waals surface area contributed by atoms with Gasteiger partial charge in [0.1, 0.15) is 0 Å². The quantitative estimate of drug-likeness (QED) is 0.726. The van der Waals surface area contributed by atoms with Crippen LogP contribution in [0, 0.1) is 17.8 Å². The van der Waals surface area contributed by atoms with E-state index in [1.54, 1.807) is 12.3 Å². The van der Waals surface area contributed by atoms with Gasteiger partial charge in [0, 0.05) is 35.9 Å². The Morgan fingerprint density at radius 3 is 2.73 bits per heavy atom. The monoisotopic (exact) mass is 352 g/mol. The lowest BCUT2D eigenvalue weighted by atomic mass is 9.52. The van der Waals surface area contributed by atoms with Gasteiger partial charge in [-0.3, -0.25) is 4.98 Å². The van der Waals surface area contributed by atoms with Crippen LogP contribution < -0.4 is 5.32 Å². The summed E-state index contributed by atoms with van der Waals surface area (Å²) in [5.74, 6) is 0.710. The molecule has 5 aliphatic rings. The van der Waals surface area contributed by atoms with Gasteiger partial charge in [-0.25, -0.2) is 4.79 Å². The van der Waals surface area contributed by atoms with Crippen LogP contribution in [0.2, 0.25) is 0 Å². The normalized spacial score (nSPS) is 36.7. The van der Waals surface area contributed by atoms with Gasteiger partial charge in [0.2, 0.25) is 0 Å². The zero-order valence-electron chi connectivity index (χ0n) is 14.7. The highest BCUT2D eigenvalue weighted by Crippen LogP contribution is 2.56. The maximum absolute atomic E-state index is 11.0. The van der Waals surface area contributed by atoms with Crippen LogP contribution >= 0.6 is 0 Å². The molecule has 136 valence electrons. The number of anilines is 1. The number of aromatic nitrogens is 1. The molecule has 2 unspecified atom stereocenters. The van der Waals surface area contributed by atoms with E-state index in [2.05, 4.69) is 22.5 Å². The van der Waals surface area contributed by atoms with Crippen LogP contribution in [0.4, 0.5) is 5.69 Å². The van der Waals surface area contributed by atoms with E-state index >= 15 is 0 Å². The third-order valence-corrected chi connectivity index (χ3v) is 6.78. The second kappa shape index (κ2) is 5.68. The fourth-order valence-corrected chi connectivity index (χ4v) is 6.04. The number of aliphatic hydroxyl groups is 1. The average Bonchev–Trinajstić information content (AvgIpc) is 3.04. The van der Waals surface area contributed by atoms with E-state index in [0.717, 1.165) is 48.2 Å². The molecule has 2 atom stereocenters. The van der Waals surface area contributed by atoms with Gasteiger partial charge in [0.05, 0.1) is 17.0 Å². The second-order valence-corrected chi connectivity index (χ2v) is 8.59. The maximum Gasteiger partial charge on any atom is 0.328 e. The number of carboxylic acids is 1. The number of pyridine rings is 1. The first kappa shape index (κ1) is 16.1. The van der Waals surface area contributed by atoms with Crippen LogP contribution in [-0.2, 0) is 11.2 Å². The Morgan fingerprint density at radius 2 is 2.04 bits per heavy atom. The largest absolute Gasteiger partial charge is 0.478 e. The smallest absolute Gasteiger partial charge is 0.328 e. The van der Waals surface area contributed by atoms with Crippen LogP contribution in [0.15, 0.2) is 18.3 Å². The molecule has 26 heavy (non-hydrogen) atoms. The molecular formula is C21H24N2O3. The van der Waals surface area contributed by atoms with Crippen molar-refractivity contribution in [1.29, 1.82) is 0 Å². The lowest BCUT2D eigenvalue weighted by molar-refractivity contribution is -0.131. The number of carbonyl (C=O) groups is 1. The Balaban J connectivity index is 1.50. The van der Waals surface area contributed by atoms with E-state index < -0.39 is 11.6 Å². The minimum Gasteiger partial charge on any atom is -0.478 e. The third kappa shape index (κ3) is 2.57. The number of rotatable bonds is 4. The van der Waals surface area contributed by atoms with Crippen molar-refractivity contribution >= 4 is 23.8 Å². The van der Waals surface area contributed by atoms with E-state index in [1.165, 1.54) is 18.9 Å². The molecule has 0 aromatic carbocycles. The summed E-state index contributed by atoms with van der Waals surface area (Å²) >= 11 is 0. The second-order valence-electron chi connectivity index (χ2n) is 8.59.